The van der Waals surface area contributed by atoms with Gasteiger partial charge in [-0.2, -0.15) is 5.10 Å². The van der Waals surface area contributed by atoms with E-state index in [2.05, 4.69) is 21.5 Å². The minimum Gasteiger partial charge on any atom is -0.494 e. The van der Waals surface area contributed by atoms with E-state index in [0.717, 1.165) is 60.7 Å². The summed E-state index contributed by atoms with van der Waals surface area (Å²) in [5.41, 5.74) is 7.47. The molecule has 2 aromatic carbocycles. The third kappa shape index (κ3) is 6.77. The summed E-state index contributed by atoms with van der Waals surface area (Å²) in [7, 11) is 0. The van der Waals surface area contributed by atoms with Gasteiger partial charge < -0.3 is 9.30 Å². The number of amides is 1. The van der Waals surface area contributed by atoms with E-state index < -0.39 is 0 Å². The van der Waals surface area contributed by atoms with E-state index in [1.165, 1.54) is 0 Å². The van der Waals surface area contributed by atoms with Crippen molar-refractivity contribution in [2.24, 2.45) is 11.0 Å². The maximum Gasteiger partial charge on any atom is 0.267 e. The predicted molar refractivity (Wildman–Crippen MR) is 164 cm³/mol. The second-order valence-electron chi connectivity index (χ2n) is 11.3. The number of rotatable bonds is 10. The molecule has 1 saturated heterocycles. The zero-order chi connectivity index (χ0) is 29.6. The summed E-state index contributed by atoms with van der Waals surface area (Å²) in [5, 5.41) is 4.21. The third-order valence-corrected chi connectivity index (χ3v) is 8.02. The molecule has 1 N–H and O–H groups in total. The summed E-state index contributed by atoms with van der Waals surface area (Å²) in [6.07, 6.45) is 2.74. The van der Waals surface area contributed by atoms with Gasteiger partial charge in [-0.3, -0.25) is 19.3 Å². The van der Waals surface area contributed by atoms with Crippen LogP contribution in [0.3, 0.4) is 0 Å². The largest absolute Gasteiger partial charge is 0.494 e. The van der Waals surface area contributed by atoms with Gasteiger partial charge in [-0.05, 0) is 62.9 Å². The van der Waals surface area contributed by atoms with Gasteiger partial charge in [-0.25, -0.2) is 5.43 Å². The SMILES string of the molecule is CCOc1ccc(C=NNC(=O)C(CC(=O)c2ccccc2)=C(C)C)cc1CN1CC2CC(C1)c1cccc(=O)n1C2. The number of benzene rings is 2. The van der Waals surface area contributed by atoms with Crippen LogP contribution < -0.4 is 15.7 Å². The van der Waals surface area contributed by atoms with Crippen LogP contribution in [-0.4, -0.2) is 47.1 Å². The Morgan fingerprint density at radius 2 is 1.83 bits per heavy atom. The number of pyridine rings is 1. The van der Waals surface area contributed by atoms with E-state index >= 15 is 0 Å². The monoisotopic (exact) mass is 566 g/mol. The van der Waals surface area contributed by atoms with Crippen molar-refractivity contribution in [3.63, 3.8) is 0 Å². The van der Waals surface area contributed by atoms with Crippen molar-refractivity contribution in [3.8, 4) is 5.75 Å². The molecule has 0 aliphatic carbocycles. The molecule has 0 spiro atoms. The maximum absolute atomic E-state index is 12.9. The average Bonchev–Trinajstić information content (AvgIpc) is 2.98. The molecule has 8 nitrogen and oxygen atoms in total. The van der Waals surface area contributed by atoms with E-state index in [4.69, 9.17) is 4.74 Å². The number of nitrogens with zero attached hydrogens (tertiary/aromatic N) is 3. The van der Waals surface area contributed by atoms with Crippen LogP contribution in [0.15, 0.2) is 87.8 Å². The lowest BCUT2D eigenvalue weighted by atomic mass is 9.83. The highest BCUT2D eigenvalue weighted by Gasteiger charge is 2.34. The van der Waals surface area contributed by atoms with E-state index in [0.29, 0.717) is 29.6 Å². The highest BCUT2D eigenvalue weighted by Crippen LogP contribution is 2.36. The first-order valence-corrected chi connectivity index (χ1v) is 14.6. The van der Waals surface area contributed by atoms with Gasteiger partial charge in [0.15, 0.2) is 5.78 Å². The van der Waals surface area contributed by atoms with Crippen molar-refractivity contribution >= 4 is 17.9 Å². The first-order valence-electron chi connectivity index (χ1n) is 14.6. The Kier molecular flexibility index (Phi) is 9.12. The van der Waals surface area contributed by atoms with Gasteiger partial charge in [-0.15, -0.1) is 0 Å². The van der Waals surface area contributed by atoms with Crippen LogP contribution in [0.2, 0.25) is 0 Å². The molecule has 2 unspecified atom stereocenters. The van der Waals surface area contributed by atoms with Crippen molar-refractivity contribution in [1.82, 2.24) is 14.9 Å². The molecule has 2 bridgehead atoms. The Balaban J connectivity index is 1.26. The van der Waals surface area contributed by atoms with Crippen molar-refractivity contribution in [3.05, 3.63) is 111 Å². The minimum absolute atomic E-state index is 0.0117. The molecule has 3 aromatic rings. The fourth-order valence-electron chi connectivity index (χ4n) is 6.07. The summed E-state index contributed by atoms with van der Waals surface area (Å²) in [6, 6.07) is 20.5. The van der Waals surface area contributed by atoms with Gasteiger partial charge in [0.2, 0.25) is 0 Å². The van der Waals surface area contributed by atoms with Gasteiger partial charge in [0.25, 0.3) is 11.5 Å². The number of likely N-dealkylation sites (tertiary alicyclic amines) is 1. The van der Waals surface area contributed by atoms with Gasteiger partial charge in [0.05, 0.1) is 12.8 Å². The smallest absolute Gasteiger partial charge is 0.267 e. The van der Waals surface area contributed by atoms with Crippen LogP contribution in [0.1, 0.15) is 66.7 Å². The van der Waals surface area contributed by atoms with Gasteiger partial charge in [0.1, 0.15) is 5.75 Å². The molecular formula is C34H38N4O4. The highest BCUT2D eigenvalue weighted by atomic mass is 16.5. The molecule has 2 atom stereocenters. The van der Waals surface area contributed by atoms with Crippen molar-refractivity contribution in [2.75, 3.05) is 19.7 Å². The molecule has 1 aromatic heterocycles. The maximum atomic E-state index is 12.9. The van der Waals surface area contributed by atoms with Gasteiger partial charge >= 0.3 is 0 Å². The van der Waals surface area contributed by atoms with E-state index in [1.54, 1.807) is 24.4 Å². The van der Waals surface area contributed by atoms with Crippen LogP contribution in [0.25, 0.3) is 0 Å². The zero-order valence-corrected chi connectivity index (χ0v) is 24.5. The van der Waals surface area contributed by atoms with Crippen LogP contribution in [0.4, 0.5) is 0 Å². The van der Waals surface area contributed by atoms with Gasteiger partial charge in [-0.1, -0.05) is 42.0 Å². The van der Waals surface area contributed by atoms with Crippen LogP contribution in [0.5, 0.6) is 5.75 Å². The Hall–Kier alpha value is -4.30. The fourth-order valence-corrected chi connectivity index (χ4v) is 6.07. The van der Waals surface area contributed by atoms with E-state index in [1.807, 2.05) is 67.8 Å². The van der Waals surface area contributed by atoms with Gasteiger partial charge in [0, 0.05) is 67.0 Å². The summed E-state index contributed by atoms with van der Waals surface area (Å²) in [6.45, 7) is 9.46. The topological polar surface area (TPSA) is 93.0 Å². The number of Topliss-reactive ketones (excluding diaryl/α,β-unsaturated/α-hetero) is 1. The normalized spacial score (nSPS) is 17.9. The number of hydrogen-bond donors (Lipinski definition) is 1. The number of aromatic nitrogens is 1. The Morgan fingerprint density at radius 3 is 2.60 bits per heavy atom. The lowest BCUT2D eigenvalue weighted by Crippen LogP contribution is -2.46. The first kappa shape index (κ1) is 29.2. The standard InChI is InChI=1S/C34H38N4O4/c1-4-42-32-14-13-24(18-35-36-34(41)29(23(2)3)17-31(39)26-9-6-5-7-10-26)15-28(32)22-37-19-25-16-27(21-37)30-11-8-12-33(40)38(30)20-25/h5-15,18,25,27H,4,16-17,19-22H2,1-3H3,(H,36,41). The highest BCUT2D eigenvalue weighted by molar-refractivity contribution is 6.05. The first-order chi connectivity index (χ1) is 20.3. The molecule has 1 amide bonds. The molecule has 2 aliphatic rings. The predicted octanol–water partition coefficient (Wildman–Crippen LogP) is 4.93. The Labute approximate surface area is 246 Å². The van der Waals surface area contributed by atoms with Crippen LogP contribution in [-0.2, 0) is 17.9 Å². The second-order valence-corrected chi connectivity index (χ2v) is 11.3. The molecule has 0 saturated carbocycles. The molecule has 8 heteroatoms. The number of fused-ring (bicyclic) bond motifs is 4. The summed E-state index contributed by atoms with van der Waals surface area (Å²) in [5.74, 6) is 1.10. The quantitative estimate of drug-likeness (QED) is 0.163. The molecular weight excluding hydrogens is 528 g/mol. The fraction of sp³-hybridized carbons (Fsp3) is 0.353. The number of hydrazone groups is 1. The Bertz CT molecular complexity index is 1570. The Morgan fingerprint density at radius 1 is 1.02 bits per heavy atom. The lowest BCUT2D eigenvalue weighted by Gasteiger charge is -2.43. The average molecular weight is 567 g/mol. The molecule has 5 rings (SSSR count). The lowest BCUT2D eigenvalue weighted by molar-refractivity contribution is -0.117. The number of allylic oxidation sites excluding steroid dienone is 1. The molecule has 0 radical (unpaired) electrons. The van der Waals surface area contributed by atoms with Crippen molar-refractivity contribution in [1.29, 1.82) is 0 Å². The number of piperidine rings is 1. The van der Waals surface area contributed by atoms with E-state index in [9.17, 15) is 14.4 Å². The molecule has 3 heterocycles. The molecule has 2 aliphatic heterocycles. The van der Waals surface area contributed by atoms with Crippen LogP contribution in [0, 0.1) is 5.92 Å². The van der Waals surface area contributed by atoms with Crippen molar-refractivity contribution in [2.45, 2.75) is 52.6 Å². The minimum atomic E-state index is -0.388. The number of ether oxygens (including phenoxy) is 1. The van der Waals surface area contributed by atoms with Crippen molar-refractivity contribution < 1.29 is 14.3 Å². The van der Waals surface area contributed by atoms with Crippen LogP contribution >= 0.6 is 0 Å². The number of carbonyl (C=O) groups excluding carboxylic acids is 2. The number of nitrogens with one attached hydrogen (secondary N) is 1. The molecule has 42 heavy (non-hydrogen) atoms. The second kappa shape index (κ2) is 13.1. The summed E-state index contributed by atoms with van der Waals surface area (Å²) < 4.78 is 7.90. The molecule has 1 fully saturated rings. The van der Waals surface area contributed by atoms with E-state index in [-0.39, 0.29) is 23.7 Å². The summed E-state index contributed by atoms with van der Waals surface area (Å²) >= 11 is 0. The zero-order valence-electron chi connectivity index (χ0n) is 24.5. The summed E-state index contributed by atoms with van der Waals surface area (Å²) in [4.78, 5) is 40.5. The number of hydrogen-bond acceptors (Lipinski definition) is 6. The molecule has 218 valence electrons. The number of ketones is 1. The number of carbonyl (C=O) groups is 2. The third-order valence-electron chi connectivity index (χ3n) is 8.02.